The fourth-order valence-corrected chi connectivity index (χ4v) is 1.73. The molecule has 0 aliphatic heterocycles. The second-order valence-corrected chi connectivity index (χ2v) is 3.75. The Labute approximate surface area is 99.4 Å². The van der Waals surface area contributed by atoms with Crippen LogP contribution in [0.5, 0.6) is 5.75 Å². The highest BCUT2D eigenvalue weighted by atomic mass is 35.5. The monoisotopic (exact) mass is 240 g/mol. The average Bonchev–Trinajstić information content (AvgIpc) is 2.16. The third-order valence-electron chi connectivity index (χ3n) is 2.08. The predicted molar refractivity (Wildman–Crippen MR) is 61.9 cm³/mol. The highest BCUT2D eigenvalue weighted by Crippen LogP contribution is 2.25. The van der Waals surface area contributed by atoms with E-state index in [0.717, 1.165) is 18.4 Å². The first-order chi connectivity index (χ1) is 7.56. The Kier molecular flexibility index (Phi) is 4.50. The van der Waals surface area contributed by atoms with E-state index in [1.54, 1.807) is 12.1 Å². The SMILES string of the molecule is CCCc1cccc(OC(C)=O)c1C(=O)Cl. The molecule has 4 heteroatoms. The van der Waals surface area contributed by atoms with E-state index in [1.807, 2.05) is 13.0 Å². The molecular weight excluding hydrogens is 228 g/mol. The van der Waals surface area contributed by atoms with E-state index in [4.69, 9.17) is 16.3 Å². The van der Waals surface area contributed by atoms with Gasteiger partial charge in [-0.2, -0.15) is 0 Å². The van der Waals surface area contributed by atoms with Crippen molar-refractivity contribution in [3.05, 3.63) is 29.3 Å². The summed E-state index contributed by atoms with van der Waals surface area (Å²) in [7, 11) is 0. The Morgan fingerprint density at radius 3 is 2.56 bits per heavy atom. The highest BCUT2D eigenvalue weighted by Gasteiger charge is 2.16. The van der Waals surface area contributed by atoms with Crippen LogP contribution >= 0.6 is 11.6 Å². The van der Waals surface area contributed by atoms with Gasteiger partial charge in [0, 0.05) is 6.92 Å². The Bertz CT molecular complexity index is 413. The number of benzene rings is 1. The van der Waals surface area contributed by atoms with Crippen LogP contribution in [0.3, 0.4) is 0 Å². The van der Waals surface area contributed by atoms with Crippen molar-refractivity contribution in [1.29, 1.82) is 0 Å². The van der Waals surface area contributed by atoms with Gasteiger partial charge in [-0.3, -0.25) is 9.59 Å². The smallest absolute Gasteiger partial charge is 0.308 e. The van der Waals surface area contributed by atoms with Gasteiger partial charge in [-0.15, -0.1) is 0 Å². The first-order valence-corrected chi connectivity index (χ1v) is 5.44. The van der Waals surface area contributed by atoms with Gasteiger partial charge in [-0.25, -0.2) is 0 Å². The zero-order valence-corrected chi connectivity index (χ0v) is 10.0. The number of rotatable bonds is 4. The minimum Gasteiger partial charge on any atom is -0.426 e. The van der Waals surface area contributed by atoms with Gasteiger partial charge in [0.1, 0.15) is 5.75 Å². The number of aryl methyl sites for hydroxylation is 1. The first kappa shape index (κ1) is 12.7. The predicted octanol–water partition coefficient (Wildman–Crippen LogP) is 2.94. The minimum absolute atomic E-state index is 0.235. The van der Waals surface area contributed by atoms with Gasteiger partial charge in [-0.1, -0.05) is 25.5 Å². The van der Waals surface area contributed by atoms with E-state index < -0.39 is 11.2 Å². The average molecular weight is 241 g/mol. The standard InChI is InChI=1S/C12H13ClO3/c1-3-5-9-6-4-7-10(16-8(2)14)11(9)12(13)15/h4,6-7H,3,5H2,1-2H3. The second kappa shape index (κ2) is 5.66. The maximum absolute atomic E-state index is 11.3. The molecule has 0 N–H and O–H groups in total. The maximum Gasteiger partial charge on any atom is 0.308 e. The van der Waals surface area contributed by atoms with E-state index in [2.05, 4.69) is 0 Å². The molecule has 0 amide bonds. The topological polar surface area (TPSA) is 43.4 Å². The zero-order valence-electron chi connectivity index (χ0n) is 9.25. The van der Waals surface area contributed by atoms with E-state index in [9.17, 15) is 9.59 Å². The van der Waals surface area contributed by atoms with Gasteiger partial charge >= 0.3 is 5.97 Å². The van der Waals surface area contributed by atoms with Crippen molar-refractivity contribution in [3.8, 4) is 5.75 Å². The fourth-order valence-electron chi connectivity index (χ4n) is 1.52. The molecule has 1 aromatic carbocycles. The number of hydrogen-bond acceptors (Lipinski definition) is 3. The Morgan fingerprint density at radius 1 is 1.38 bits per heavy atom. The van der Waals surface area contributed by atoms with Crippen LogP contribution in [0.25, 0.3) is 0 Å². The molecule has 0 aromatic heterocycles. The lowest BCUT2D eigenvalue weighted by atomic mass is 10.0. The van der Waals surface area contributed by atoms with Crippen LogP contribution < -0.4 is 4.74 Å². The quantitative estimate of drug-likeness (QED) is 0.462. The van der Waals surface area contributed by atoms with Gasteiger partial charge in [0.05, 0.1) is 5.56 Å². The fraction of sp³-hybridized carbons (Fsp3) is 0.333. The first-order valence-electron chi connectivity index (χ1n) is 5.06. The summed E-state index contributed by atoms with van der Waals surface area (Å²) in [5.74, 6) is -0.230. The summed E-state index contributed by atoms with van der Waals surface area (Å²) >= 11 is 5.50. The molecule has 0 saturated heterocycles. The van der Waals surface area contributed by atoms with Crippen molar-refractivity contribution in [2.24, 2.45) is 0 Å². The third-order valence-corrected chi connectivity index (χ3v) is 2.27. The van der Waals surface area contributed by atoms with Crippen LogP contribution in [0, 0.1) is 0 Å². The lowest BCUT2D eigenvalue weighted by Crippen LogP contribution is -2.07. The summed E-state index contributed by atoms with van der Waals surface area (Å²) < 4.78 is 4.95. The molecule has 0 spiro atoms. The van der Waals surface area contributed by atoms with Gasteiger partial charge in [-0.05, 0) is 29.7 Å². The normalized spacial score (nSPS) is 9.94. The number of ether oxygens (including phenoxy) is 1. The van der Waals surface area contributed by atoms with Crippen molar-refractivity contribution in [3.63, 3.8) is 0 Å². The zero-order chi connectivity index (χ0) is 12.1. The van der Waals surface area contributed by atoms with E-state index >= 15 is 0 Å². The van der Waals surface area contributed by atoms with Crippen LogP contribution in [0.15, 0.2) is 18.2 Å². The van der Waals surface area contributed by atoms with Crippen molar-refractivity contribution < 1.29 is 14.3 Å². The number of carbonyl (C=O) groups is 2. The van der Waals surface area contributed by atoms with Crippen LogP contribution in [-0.2, 0) is 11.2 Å². The molecule has 0 unspecified atom stereocenters. The minimum atomic E-state index is -0.597. The molecule has 0 radical (unpaired) electrons. The molecule has 0 aliphatic rings. The maximum atomic E-state index is 11.3. The molecule has 0 aliphatic carbocycles. The van der Waals surface area contributed by atoms with Crippen molar-refractivity contribution >= 4 is 22.8 Å². The molecule has 16 heavy (non-hydrogen) atoms. The molecule has 86 valence electrons. The van der Waals surface area contributed by atoms with Gasteiger partial charge < -0.3 is 4.74 Å². The van der Waals surface area contributed by atoms with Crippen LogP contribution in [0.1, 0.15) is 36.2 Å². The van der Waals surface area contributed by atoms with Crippen LogP contribution in [0.2, 0.25) is 0 Å². The number of carbonyl (C=O) groups excluding carboxylic acids is 2. The van der Waals surface area contributed by atoms with E-state index in [1.165, 1.54) is 6.92 Å². The molecule has 0 bridgehead atoms. The number of esters is 1. The Morgan fingerprint density at radius 2 is 2.06 bits per heavy atom. The van der Waals surface area contributed by atoms with Crippen molar-refractivity contribution in [1.82, 2.24) is 0 Å². The molecule has 1 rings (SSSR count). The molecule has 0 fully saturated rings. The summed E-state index contributed by atoms with van der Waals surface area (Å²) in [5, 5.41) is -0.597. The van der Waals surface area contributed by atoms with E-state index in [0.29, 0.717) is 5.56 Å². The lowest BCUT2D eigenvalue weighted by molar-refractivity contribution is -0.131. The number of halogens is 1. The van der Waals surface area contributed by atoms with Gasteiger partial charge in [0.15, 0.2) is 0 Å². The van der Waals surface area contributed by atoms with Crippen molar-refractivity contribution in [2.45, 2.75) is 26.7 Å². The molecule has 0 saturated carbocycles. The summed E-state index contributed by atoms with van der Waals surface area (Å²) in [5.41, 5.74) is 1.10. The molecule has 1 aromatic rings. The molecule has 0 atom stereocenters. The second-order valence-electron chi connectivity index (χ2n) is 3.41. The molecular formula is C12H13ClO3. The third kappa shape index (κ3) is 3.07. The van der Waals surface area contributed by atoms with Gasteiger partial charge in [0.2, 0.25) is 0 Å². The van der Waals surface area contributed by atoms with Crippen molar-refractivity contribution in [2.75, 3.05) is 0 Å². The largest absolute Gasteiger partial charge is 0.426 e. The summed E-state index contributed by atoms with van der Waals surface area (Å²) in [6.45, 7) is 3.29. The Balaban J connectivity index is 3.21. The molecule has 0 heterocycles. The molecule has 3 nitrogen and oxygen atoms in total. The van der Waals surface area contributed by atoms with Crippen LogP contribution in [-0.4, -0.2) is 11.2 Å². The number of hydrogen-bond donors (Lipinski definition) is 0. The summed E-state index contributed by atoms with van der Waals surface area (Å²) in [6, 6.07) is 5.12. The van der Waals surface area contributed by atoms with Crippen LogP contribution in [0.4, 0.5) is 0 Å². The van der Waals surface area contributed by atoms with E-state index in [-0.39, 0.29) is 5.75 Å². The van der Waals surface area contributed by atoms with Gasteiger partial charge in [0.25, 0.3) is 5.24 Å². The lowest BCUT2D eigenvalue weighted by Gasteiger charge is -2.10. The highest BCUT2D eigenvalue weighted by molar-refractivity contribution is 6.68. The summed E-state index contributed by atoms with van der Waals surface area (Å²) in [4.78, 5) is 22.2. The Hall–Kier alpha value is -1.35. The summed E-state index contributed by atoms with van der Waals surface area (Å²) in [6.07, 6.45) is 1.61.